The summed E-state index contributed by atoms with van der Waals surface area (Å²) in [4.78, 5) is 0. The Labute approximate surface area is 215 Å². The molecule has 36 heavy (non-hydrogen) atoms. The number of ether oxygens (including phenoxy) is 3. The van der Waals surface area contributed by atoms with Crippen molar-refractivity contribution in [2.45, 2.75) is 69.5 Å². The van der Waals surface area contributed by atoms with Gasteiger partial charge in [0.05, 0.1) is 6.61 Å². The maximum absolute atomic E-state index is 11.8. The molecule has 0 spiro atoms. The molecule has 0 aliphatic carbocycles. The molecule has 0 amide bonds. The van der Waals surface area contributed by atoms with Gasteiger partial charge in [-0.25, -0.2) is 0 Å². The number of rotatable bonds is 6. The lowest BCUT2D eigenvalue weighted by Crippen LogP contribution is -2.67. The van der Waals surface area contributed by atoms with Gasteiger partial charge in [0.2, 0.25) is 5.79 Å². The van der Waals surface area contributed by atoms with Crippen LogP contribution in [0.1, 0.15) is 40.2 Å². The van der Waals surface area contributed by atoms with Gasteiger partial charge in [-0.15, -0.1) is 0 Å². The van der Waals surface area contributed by atoms with Gasteiger partial charge in [0, 0.05) is 5.56 Å². The van der Waals surface area contributed by atoms with E-state index in [1.165, 1.54) is 10.4 Å². The fourth-order valence-electron chi connectivity index (χ4n) is 5.74. The topological polar surface area (TPSA) is 57.2 Å². The lowest BCUT2D eigenvalue weighted by Gasteiger charge is -2.43. The summed E-state index contributed by atoms with van der Waals surface area (Å²) in [6.45, 7) is 10.7. The summed E-state index contributed by atoms with van der Waals surface area (Å²) in [5.41, 5.74) is 0.647. The lowest BCUT2D eigenvalue weighted by atomic mass is 9.98. The Kier molecular flexibility index (Phi) is 6.48. The van der Waals surface area contributed by atoms with Crippen LogP contribution in [0.4, 0.5) is 0 Å². The molecule has 0 bridgehead atoms. The summed E-state index contributed by atoms with van der Waals surface area (Å²) < 4.78 is 26.0. The van der Waals surface area contributed by atoms with E-state index in [9.17, 15) is 5.11 Å². The first-order valence-corrected chi connectivity index (χ1v) is 14.5. The van der Waals surface area contributed by atoms with Crippen LogP contribution in [-0.2, 0) is 24.4 Å². The van der Waals surface area contributed by atoms with Crippen molar-refractivity contribution in [1.29, 1.82) is 0 Å². The first-order valence-electron chi connectivity index (χ1n) is 12.6. The van der Waals surface area contributed by atoms with Crippen LogP contribution in [0.15, 0.2) is 91.0 Å². The number of hydrogen-bond donors (Lipinski definition) is 1. The van der Waals surface area contributed by atoms with Crippen LogP contribution >= 0.6 is 0 Å². The Morgan fingerprint density at radius 1 is 0.778 bits per heavy atom. The Morgan fingerprint density at radius 2 is 1.28 bits per heavy atom. The molecule has 2 heterocycles. The second kappa shape index (κ2) is 9.21. The number of benzene rings is 3. The van der Waals surface area contributed by atoms with Crippen LogP contribution in [0.25, 0.3) is 0 Å². The van der Waals surface area contributed by atoms with Crippen LogP contribution in [0, 0.1) is 0 Å². The molecule has 190 valence electrons. The molecular formula is C30H36O5Si. The predicted molar refractivity (Wildman–Crippen MR) is 143 cm³/mol. The molecule has 1 N–H and O–H groups in total. The first kappa shape index (κ1) is 25.3. The molecule has 6 heteroatoms. The fourth-order valence-corrected chi connectivity index (χ4v) is 10.3. The van der Waals surface area contributed by atoms with Crippen LogP contribution in [0.3, 0.4) is 0 Å². The van der Waals surface area contributed by atoms with E-state index >= 15 is 0 Å². The zero-order valence-electron chi connectivity index (χ0n) is 21.7. The predicted octanol–water partition coefficient (Wildman–Crippen LogP) is 4.33. The Morgan fingerprint density at radius 3 is 1.78 bits per heavy atom. The molecule has 2 fully saturated rings. The van der Waals surface area contributed by atoms with E-state index in [1.54, 1.807) is 0 Å². The van der Waals surface area contributed by atoms with Crippen molar-refractivity contribution in [3.8, 4) is 0 Å². The van der Waals surface area contributed by atoms with Gasteiger partial charge in [0.1, 0.15) is 18.3 Å². The molecule has 0 saturated carbocycles. The second-order valence-electron chi connectivity index (χ2n) is 11.2. The van der Waals surface area contributed by atoms with Gasteiger partial charge in [-0.2, -0.15) is 0 Å². The van der Waals surface area contributed by atoms with Gasteiger partial charge in [-0.05, 0) is 29.3 Å². The largest absolute Gasteiger partial charge is 0.405 e. The summed E-state index contributed by atoms with van der Waals surface area (Å²) >= 11 is 0. The summed E-state index contributed by atoms with van der Waals surface area (Å²) in [6.07, 6.45) is -1.64. The minimum absolute atomic E-state index is 0.171. The molecule has 5 nitrogen and oxygen atoms in total. The van der Waals surface area contributed by atoms with E-state index < -0.39 is 38.2 Å². The van der Waals surface area contributed by atoms with E-state index in [4.69, 9.17) is 18.6 Å². The molecule has 3 aromatic rings. The third kappa shape index (κ3) is 4.26. The Balaban J connectivity index is 1.53. The van der Waals surface area contributed by atoms with Crippen LogP contribution in [0.5, 0.6) is 0 Å². The summed E-state index contributed by atoms with van der Waals surface area (Å²) in [5, 5.41) is 14.0. The van der Waals surface area contributed by atoms with Crippen LogP contribution < -0.4 is 10.4 Å². The average Bonchev–Trinajstić information content (AvgIpc) is 3.32. The number of aliphatic hydroxyl groups is 1. The maximum atomic E-state index is 11.8. The maximum Gasteiger partial charge on any atom is 0.261 e. The van der Waals surface area contributed by atoms with Gasteiger partial charge in [0.15, 0.2) is 5.79 Å². The SMILES string of the molecule is CC1(C)O[C@H]2[C@@H](O1)[C@](O)(c1ccccc1)O[C@@H]2CO[Si](c1ccccc1)(c1ccccc1)C(C)(C)C. The monoisotopic (exact) mass is 504 g/mol. The summed E-state index contributed by atoms with van der Waals surface area (Å²) in [6, 6.07) is 30.4. The molecule has 5 rings (SSSR count). The van der Waals surface area contributed by atoms with Crippen molar-refractivity contribution in [1.82, 2.24) is 0 Å². The van der Waals surface area contributed by atoms with Crippen molar-refractivity contribution < 1.29 is 23.7 Å². The third-order valence-electron chi connectivity index (χ3n) is 7.28. The summed E-state index contributed by atoms with van der Waals surface area (Å²) in [5.74, 6) is -2.46. The molecule has 2 aliphatic rings. The third-order valence-corrected chi connectivity index (χ3v) is 12.3. The highest BCUT2D eigenvalue weighted by atomic mass is 28.4. The standard InChI is InChI=1S/C30H36O5Si/c1-28(2,3)36(23-17-11-7-12-18-23,24-19-13-8-14-20-24)32-21-25-26-27(35-29(4,5)34-26)30(31,33-25)22-15-9-6-10-16-22/h6-20,25-27,31H,21H2,1-5H3/t25-,26-,27-,30+/m1/s1. The lowest BCUT2D eigenvalue weighted by molar-refractivity contribution is -0.283. The molecule has 3 aromatic carbocycles. The van der Waals surface area contributed by atoms with Gasteiger partial charge >= 0.3 is 0 Å². The molecule has 2 aliphatic heterocycles. The Hall–Kier alpha value is -2.32. The molecular weight excluding hydrogens is 468 g/mol. The van der Waals surface area contributed by atoms with Crippen LogP contribution in [0.2, 0.25) is 5.04 Å². The smallest absolute Gasteiger partial charge is 0.261 e. The highest BCUT2D eigenvalue weighted by Gasteiger charge is 2.64. The zero-order chi connectivity index (χ0) is 25.6. The fraction of sp³-hybridized carbons (Fsp3) is 0.400. The quantitative estimate of drug-likeness (QED) is 0.507. The van der Waals surface area contributed by atoms with Crippen LogP contribution in [-0.4, -0.2) is 44.1 Å². The number of hydrogen-bond acceptors (Lipinski definition) is 5. The molecule has 4 atom stereocenters. The normalized spacial score (nSPS) is 27.7. The Bertz CT molecular complexity index is 1120. The molecule has 0 unspecified atom stereocenters. The van der Waals surface area contributed by atoms with E-state index in [0.29, 0.717) is 5.56 Å². The first-order chi connectivity index (χ1) is 17.1. The summed E-state index contributed by atoms with van der Waals surface area (Å²) in [7, 11) is -2.78. The number of fused-ring (bicyclic) bond motifs is 1. The van der Waals surface area contributed by atoms with Gasteiger partial charge < -0.3 is 23.7 Å². The molecule has 0 radical (unpaired) electrons. The van der Waals surface area contributed by atoms with Gasteiger partial charge in [0.25, 0.3) is 8.32 Å². The van der Waals surface area contributed by atoms with E-state index in [1.807, 2.05) is 56.3 Å². The van der Waals surface area contributed by atoms with Crippen molar-refractivity contribution in [2.75, 3.05) is 6.61 Å². The van der Waals surface area contributed by atoms with Gasteiger partial charge in [-0.1, -0.05) is 112 Å². The van der Waals surface area contributed by atoms with Crippen molar-refractivity contribution in [2.24, 2.45) is 0 Å². The van der Waals surface area contributed by atoms with Crippen molar-refractivity contribution >= 4 is 18.7 Å². The second-order valence-corrected chi connectivity index (χ2v) is 15.5. The van der Waals surface area contributed by atoms with Gasteiger partial charge in [-0.3, -0.25) is 0 Å². The minimum Gasteiger partial charge on any atom is -0.405 e. The van der Waals surface area contributed by atoms with E-state index in [2.05, 4.69) is 69.3 Å². The highest BCUT2D eigenvalue weighted by molar-refractivity contribution is 6.99. The average molecular weight is 505 g/mol. The molecule has 0 aromatic heterocycles. The molecule has 2 saturated heterocycles. The van der Waals surface area contributed by atoms with Crippen molar-refractivity contribution in [3.05, 3.63) is 96.6 Å². The van der Waals surface area contributed by atoms with Crippen molar-refractivity contribution in [3.63, 3.8) is 0 Å². The minimum atomic E-state index is -2.78. The van der Waals surface area contributed by atoms with E-state index in [-0.39, 0.29) is 11.6 Å². The highest BCUT2D eigenvalue weighted by Crippen LogP contribution is 2.48. The van der Waals surface area contributed by atoms with E-state index in [0.717, 1.165) is 0 Å². The zero-order valence-corrected chi connectivity index (χ0v) is 22.7.